The average molecular weight is 553 g/mol. The number of hydrogen-bond acceptors (Lipinski definition) is 3. The van der Waals surface area contributed by atoms with Crippen molar-refractivity contribution in [3.05, 3.63) is 35.4 Å². The maximum absolute atomic E-state index is 16.3. The zero-order valence-electron chi connectivity index (χ0n) is 22.0. The van der Waals surface area contributed by atoms with Crippen LogP contribution in [0.15, 0.2) is 24.3 Å². The standard InChI is InChI=1S/C28H35F7O3/c1-5-25(29,22(36)38-24(4)20-11-16-10-17(13-20)14-21(24)12-16)15-23(2,3)18-6-8-19(9-7-18)26(37,27(30,31)32)28(33,34)35/h6-9,16-17,20-21,37H,5,10-15H2,1-4H3. The molecule has 38 heavy (non-hydrogen) atoms. The van der Waals surface area contributed by atoms with E-state index in [1.54, 1.807) is 13.8 Å². The number of esters is 1. The largest absolute Gasteiger partial charge is 0.456 e. The zero-order chi connectivity index (χ0) is 28.5. The van der Waals surface area contributed by atoms with Crippen molar-refractivity contribution < 1.29 is 45.4 Å². The molecule has 0 amide bonds. The number of hydrogen-bond donors (Lipinski definition) is 1. The van der Waals surface area contributed by atoms with Gasteiger partial charge in [-0.15, -0.1) is 0 Å². The van der Waals surface area contributed by atoms with Gasteiger partial charge in [-0.2, -0.15) is 26.3 Å². The Balaban J connectivity index is 1.54. The van der Waals surface area contributed by atoms with E-state index in [0.29, 0.717) is 24.0 Å². The molecule has 3 nitrogen and oxygen atoms in total. The van der Waals surface area contributed by atoms with Gasteiger partial charge in [0.15, 0.2) is 0 Å². The molecule has 4 aliphatic carbocycles. The van der Waals surface area contributed by atoms with E-state index in [9.17, 15) is 36.2 Å². The smallest absolute Gasteiger partial charge is 0.430 e. The van der Waals surface area contributed by atoms with Crippen molar-refractivity contribution in [2.45, 2.75) is 107 Å². The van der Waals surface area contributed by atoms with Crippen LogP contribution in [0.1, 0.15) is 83.8 Å². The minimum absolute atomic E-state index is 0.186. The molecule has 0 heterocycles. The first-order chi connectivity index (χ1) is 17.3. The van der Waals surface area contributed by atoms with E-state index in [1.807, 2.05) is 6.92 Å². The Kier molecular flexibility index (Phi) is 6.98. The number of halogens is 7. The summed E-state index contributed by atoms with van der Waals surface area (Å²) in [4.78, 5) is 13.3. The number of aliphatic hydroxyl groups is 1. The molecular weight excluding hydrogens is 517 g/mol. The SMILES string of the molecule is CCC(F)(CC(C)(C)c1ccc(C(O)(C(F)(F)F)C(F)(F)F)cc1)C(=O)OC1(C)C2CC3CC(C2)CC1C3. The maximum Gasteiger partial charge on any atom is 0.430 e. The lowest BCUT2D eigenvalue weighted by Crippen LogP contribution is -2.59. The minimum Gasteiger partial charge on any atom is -0.456 e. The highest BCUT2D eigenvalue weighted by Gasteiger charge is 2.71. The number of carbonyl (C=O) groups excluding carboxylic acids is 1. The summed E-state index contributed by atoms with van der Waals surface area (Å²) >= 11 is 0. The Hall–Kier alpha value is -1.84. The van der Waals surface area contributed by atoms with Gasteiger partial charge in [-0.05, 0) is 80.1 Å². The van der Waals surface area contributed by atoms with E-state index < -0.39 is 46.2 Å². The van der Waals surface area contributed by atoms with Gasteiger partial charge in [0.25, 0.3) is 5.60 Å². The Labute approximate surface area is 218 Å². The van der Waals surface area contributed by atoms with Crippen LogP contribution in [0, 0.1) is 23.7 Å². The molecule has 0 saturated heterocycles. The van der Waals surface area contributed by atoms with Gasteiger partial charge < -0.3 is 9.84 Å². The fourth-order valence-electron chi connectivity index (χ4n) is 7.37. The molecule has 1 atom stereocenters. The summed E-state index contributed by atoms with van der Waals surface area (Å²) in [6.45, 7) is 6.53. The molecule has 1 N–H and O–H groups in total. The van der Waals surface area contributed by atoms with Gasteiger partial charge in [0, 0.05) is 12.0 Å². The lowest BCUT2D eigenvalue weighted by Gasteiger charge is -2.59. The van der Waals surface area contributed by atoms with Crippen LogP contribution in [0.25, 0.3) is 0 Å². The quantitative estimate of drug-likeness (QED) is 0.281. The predicted octanol–water partition coefficient (Wildman–Crippen LogP) is 7.54. The van der Waals surface area contributed by atoms with Crippen LogP contribution < -0.4 is 0 Å². The fraction of sp³-hybridized carbons (Fsp3) is 0.750. The molecule has 4 bridgehead atoms. The summed E-state index contributed by atoms with van der Waals surface area (Å²) in [5.74, 6) is 0.651. The molecule has 10 heteroatoms. The molecule has 4 saturated carbocycles. The number of rotatable bonds is 7. The number of carbonyl (C=O) groups is 1. The highest BCUT2D eigenvalue weighted by atomic mass is 19.4. The van der Waals surface area contributed by atoms with Crippen LogP contribution in [0.5, 0.6) is 0 Å². The fourth-order valence-corrected chi connectivity index (χ4v) is 7.37. The summed E-state index contributed by atoms with van der Waals surface area (Å²) in [5, 5.41) is 9.64. The van der Waals surface area contributed by atoms with Crippen LogP contribution in [0.4, 0.5) is 30.7 Å². The van der Waals surface area contributed by atoms with Crippen LogP contribution in [0.3, 0.4) is 0 Å². The van der Waals surface area contributed by atoms with Crippen LogP contribution in [-0.2, 0) is 20.5 Å². The van der Waals surface area contributed by atoms with E-state index in [2.05, 4.69) is 0 Å². The summed E-state index contributed by atoms with van der Waals surface area (Å²) in [5.41, 5.74) is -10.5. The van der Waals surface area contributed by atoms with Gasteiger partial charge in [0.1, 0.15) is 5.60 Å². The molecule has 1 aromatic carbocycles. The zero-order valence-corrected chi connectivity index (χ0v) is 22.0. The van der Waals surface area contributed by atoms with E-state index in [4.69, 9.17) is 4.74 Å². The Morgan fingerprint density at radius 3 is 1.68 bits per heavy atom. The maximum atomic E-state index is 16.3. The van der Waals surface area contributed by atoms with Crippen molar-refractivity contribution in [1.29, 1.82) is 0 Å². The second-order valence-corrected chi connectivity index (χ2v) is 12.5. The van der Waals surface area contributed by atoms with Crippen LogP contribution in [0.2, 0.25) is 0 Å². The van der Waals surface area contributed by atoms with E-state index >= 15 is 4.39 Å². The summed E-state index contributed by atoms with van der Waals surface area (Å²) in [6.07, 6.45) is -7.54. The molecule has 4 aliphatic rings. The molecule has 5 rings (SSSR count). The third kappa shape index (κ3) is 4.62. The minimum atomic E-state index is -6.00. The molecular formula is C28H35F7O3. The van der Waals surface area contributed by atoms with Crippen molar-refractivity contribution in [3.63, 3.8) is 0 Å². The highest BCUT2D eigenvalue weighted by molar-refractivity contribution is 5.80. The molecule has 214 valence electrons. The Morgan fingerprint density at radius 1 is 0.868 bits per heavy atom. The number of alkyl halides is 7. The van der Waals surface area contributed by atoms with Gasteiger partial charge in [-0.25, -0.2) is 9.18 Å². The number of benzene rings is 1. The van der Waals surface area contributed by atoms with Crippen LogP contribution >= 0.6 is 0 Å². The molecule has 0 spiro atoms. The van der Waals surface area contributed by atoms with Crippen molar-refractivity contribution in [2.75, 3.05) is 0 Å². The van der Waals surface area contributed by atoms with E-state index in [-0.39, 0.29) is 30.2 Å². The molecule has 0 radical (unpaired) electrons. The van der Waals surface area contributed by atoms with Gasteiger partial charge >= 0.3 is 18.3 Å². The summed E-state index contributed by atoms with van der Waals surface area (Å²) in [7, 11) is 0. The molecule has 0 aliphatic heterocycles. The molecule has 1 aromatic rings. The van der Waals surface area contributed by atoms with Crippen molar-refractivity contribution in [1.82, 2.24) is 0 Å². The summed E-state index contributed by atoms with van der Waals surface area (Å²) < 4.78 is 102. The average Bonchev–Trinajstić information content (AvgIpc) is 2.80. The van der Waals surface area contributed by atoms with Gasteiger partial charge in [-0.1, -0.05) is 45.0 Å². The van der Waals surface area contributed by atoms with Crippen LogP contribution in [-0.4, -0.2) is 34.7 Å². The molecule has 4 fully saturated rings. The van der Waals surface area contributed by atoms with Gasteiger partial charge in [-0.3, -0.25) is 0 Å². The van der Waals surface area contributed by atoms with E-state index in [0.717, 1.165) is 37.8 Å². The van der Waals surface area contributed by atoms with Crippen molar-refractivity contribution in [3.8, 4) is 0 Å². The predicted molar refractivity (Wildman–Crippen MR) is 126 cm³/mol. The normalized spacial score (nSPS) is 31.3. The first-order valence-corrected chi connectivity index (χ1v) is 13.2. The summed E-state index contributed by atoms with van der Waals surface area (Å²) in [6, 6.07) is 3.08. The molecule has 1 unspecified atom stereocenters. The Bertz CT molecular complexity index is 1000. The highest BCUT2D eigenvalue weighted by Crippen LogP contribution is 2.60. The lowest BCUT2D eigenvalue weighted by atomic mass is 9.50. The first kappa shape index (κ1) is 29.2. The topological polar surface area (TPSA) is 46.5 Å². The second kappa shape index (κ2) is 9.10. The molecule has 0 aromatic heterocycles. The first-order valence-electron chi connectivity index (χ1n) is 13.2. The van der Waals surface area contributed by atoms with E-state index in [1.165, 1.54) is 13.3 Å². The van der Waals surface area contributed by atoms with Gasteiger partial charge in [0.05, 0.1) is 0 Å². The third-order valence-corrected chi connectivity index (χ3v) is 9.62. The number of ether oxygens (including phenoxy) is 1. The lowest BCUT2D eigenvalue weighted by molar-refractivity contribution is -0.376. The van der Waals surface area contributed by atoms with Gasteiger partial charge in [0.2, 0.25) is 5.67 Å². The second-order valence-electron chi connectivity index (χ2n) is 12.5. The third-order valence-electron chi connectivity index (χ3n) is 9.62. The van der Waals surface area contributed by atoms with Crippen molar-refractivity contribution >= 4 is 5.97 Å². The van der Waals surface area contributed by atoms with Crippen molar-refractivity contribution in [2.24, 2.45) is 23.7 Å². The Morgan fingerprint density at radius 2 is 1.29 bits per heavy atom. The monoisotopic (exact) mass is 552 g/mol.